The van der Waals surface area contributed by atoms with Gasteiger partial charge in [0.2, 0.25) is 0 Å². The van der Waals surface area contributed by atoms with Crippen molar-refractivity contribution in [2.24, 2.45) is 0 Å². The van der Waals surface area contributed by atoms with Gasteiger partial charge < -0.3 is 10.1 Å². The molecule has 0 fully saturated rings. The second-order valence-corrected chi connectivity index (χ2v) is 5.03. The Balaban J connectivity index is 2.10. The Morgan fingerprint density at radius 1 is 1.33 bits per heavy atom. The number of ether oxygens (including phenoxy) is 1. The molecule has 0 saturated carbocycles. The molecule has 1 unspecified atom stereocenters. The lowest BCUT2D eigenvalue weighted by molar-refractivity contribution is 0.414. The van der Waals surface area contributed by atoms with Crippen LogP contribution in [0, 0.1) is 0 Å². The van der Waals surface area contributed by atoms with E-state index in [1.54, 1.807) is 24.0 Å². The first-order chi connectivity index (χ1) is 10.2. The van der Waals surface area contributed by atoms with Crippen molar-refractivity contribution in [3.05, 3.63) is 59.1 Å². The average Bonchev–Trinajstić information content (AvgIpc) is 2.94. The van der Waals surface area contributed by atoms with Gasteiger partial charge in [0.05, 0.1) is 36.1 Å². The predicted molar refractivity (Wildman–Crippen MR) is 81.9 cm³/mol. The minimum absolute atomic E-state index is 0.0159. The van der Waals surface area contributed by atoms with Crippen molar-refractivity contribution in [2.75, 3.05) is 14.2 Å². The van der Waals surface area contributed by atoms with Crippen LogP contribution in [0.3, 0.4) is 0 Å². The summed E-state index contributed by atoms with van der Waals surface area (Å²) in [6, 6.07) is 5.73. The second-order valence-electron chi connectivity index (χ2n) is 4.62. The van der Waals surface area contributed by atoms with Gasteiger partial charge in [0, 0.05) is 18.0 Å². The standard InChI is InChI=1S/C15H15ClN4O/c1-17-15(10-3-4-12(16)14(7-10)21-2)11-8-19-20-6-5-18-9-13(11)20/h3-9,15,17H,1-2H3. The molecule has 0 amide bonds. The van der Waals surface area contributed by atoms with Crippen LogP contribution < -0.4 is 10.1 Å². The lowest BCUT2D eigenvalue weighted by atomic mass is 10.00. The highest BCUT2D eigenvalue weighted by atomic mass is 35.5. The van der Waals surface area contributed by atoms with Gasteiger partial charge in [-0.2, -0.15) is 5.10 Å². The van der Waals surface area contributed by atoms with Gasteiger partial charge in [0.1, 0.15) is 5.75 Å². The Morgan fingerprint density at radius 2 is 2.19 bits per heavy atom. The molecule has 21 heavy (non-hydrogen) atoms. The molecule has 0 bridgehead atoms. The van der Waals surface area contributed by atoms with E-state index in [0.717, 1.165) is 16.6 Å². The molecule has 0 spiro atoms. The monoisotopic (exact) mass is 302 g/mol. The zero-order chi connectivity index (χ0) is 14.8. The first kappa shape index (κ1) is 13.9. The van der Waals surface area contributed by atoms with Crippen LogP contribution in [0.1, 0.15) is 17.2 Å². The number of nitrogens with zero attached hydrogens (tertiary/aromatic N) is 3. The number of rotatable bonds is 4. The summed E-state index contributed by atoms with van der Waals surface area (Å²) in [7, 11) is 3.52. The number of nitrogens with one attached hydrogen (secondary N) is 1. The SMILES string of the molecule is CNC(c1ccc(Cl)c(OC)c1)c1cnn2ccncc12. The third kappa shape index (κ3) is 2.46. The molecule has 0 aliphatic heterocycles. The third-order valence-electron chi connectivity index (χ3n) is 3.46. The number of methoxy groups -OCH3 is 1. The summed E-state index contributed by atoms with van der Waals surface area (Å²) in [5.74, 6) is 0.656. The number of benzene rings is 1. The van der Waals surface area contributed by atoms with Crippen LogP contribution >= 0.6 is 11.6 Å². The second kappa shape index (κ2) is 5.71. The van der Waals surface area contributed by atoms with Crippen molar-refractivity contribution in [1.82, 2.24) is 19.9 Å². The van der Waals surface area contributed by atoms with E-state index in [0.29, 0.717) is 10.8 Å². The molecular weight excluding hydrogens is 288 g/mol. The van der Waals surface area contributed by atoms with Crippen LogP contribution in [0.2, 0.25) is 5.02 Å². The highest BCUT2D eigenvalue weighted by molar-refractivity contribution is 6.32. The number of halogens is 1. The molecule has 0 saturated heterocycles. The summed E-state index contributed by atoms with van der Waals surface area (Å²) in [6.07, 6.45) is 7.19. The van der Waals surface area contributed by atoms with E-state index < -0.39 is 0 Å². The molecule has 1 aromatic carbocycles. The van der Waals surface area contributed by atoms with Crippen molar-refractivity contribution in [2.45, 2.75) is 6.04 Å². The predicted octanol–water partition coefficient (Wildman–Crippen LogP) is 2.70. The minimum Gasteiger partial charge on any atom is -0.495 e. The maximum Gasteiger partial charge on any atom is 0.137 e. The van der Waals surface area contributed by atoms with Crippen LogP contribution in [-0.2, 0) is 0 Å². The fourth-order valence-corrected chi connectivity index (χ4v) is 2.63. The molecule has 3 rings (SSSR count). The van der Waals surface area contributed by atoms with E-state index >= 15 is 0 Å². The Labute approximate surface area is 127 Å². The van der Waals surface area contributed by atoms with Crippen LogP contribution in [0.5, 0.6) is 5.75 Å². The van der Waals surface area contributed by atoms with Crippen LogP contribution in [-0.4, -0.2) is 28.8 Å². The zero-order valence-corrected chi connectivity index (χ0v) is 12.5. The van der Waals surface area contributed by atoms with Crippen molar-refractivity contribution in [3.63, 3.8) is 0 Å². The van der Waals surface area contributed by atoms with E-state index in [2.05, 4.69) is 15.4 Å². The lowest BCUT2D eigenvalue weighted by Gasteiger charge is -2.17. The Morgan fingerprint density at radius 3 is 2.95 bits per heavy atom. The smallest absolute Gasteiger partial charge is 0.137 e. The van der Waals surface area contributed by atoms with Crippen molar-refractivity contribution >= 4 is 17.1 Å². The van der Waals surface area contributed by atoms with Crippen LogP contribution in [0.4, 0.5) is 0 Å². The largest absolute Gasteiger partial charge is 0.495 e. The van der Waals surface area contributed by atoms with E-state index in [1.165, 1.54) is 0 Å². The maximum absolute atomic E-state index is 6.09. The van der Waals surface area contributed by atoms with Crippen molar-refractivity contribution < 1.29 is 4.74 Å². The number of fused-ring (bicyclic) bond motifs is 1. The highest BCUT2D eigenvalue weighted by Gasteiger charge is 2.18. The molecule has 1 atom stereocenters. The third-order valence-corrected chi connectivity index (χ3v) is 3.77. The molecular formula is C15H15ClN4O. The normalized spacial score (nSPS) is 12.5. The Bertz CT molecular complexity index is 771. The average molecular weight is 303 g/mol. The molecule has 0 aliphatic rings. The fraction of sp³-hybridized carbons (Fsp3) is 0.200. The van der Waals surface area contributed by atoms with Gasteiger partial charge in [-0.1, -0.05) is 17.7 Å². The minimum atomic E-state index is -0.0159. The first-order valence-electron chi connectivity index (χ1n) is 6.52. The van der Waals surface area contributed by atoms with Gasteiger partial charge in [0.15, 0.2) is 0 Å². The highest BCUT2D eigenvalue weighted by Crippen LogP contribution is 2.31. The number of hydrogen-bond donors (Lipinski definition) is 1. The lowest BCUT2D eigenvalue weighted by Crippen LogP contribution is -2.17. The zero-order valence-electron chi connectivity index (χ0n) is 11.7. The number of hydrogen-bond acceptors (Lipinski definition) is 4. The maximum atomic E-state index is 6.09. The first-order valence-corrected chi connectivity index (χ1v) is 6.90. The van der Waals surface area contributed by atoms with E-state index in [-0.39, 0.29) is 6.04 Å². The Kier molecular flexibility index (Phi) is 3.77. The molecule has 0 aliphatic carbocycles. The molecule has 2 aromatic heterocycles. The van der Waals surface area contributed by atoms with Gasteiger partial charge in [0.25, 0.3) is 0 Å². The number of aromatic nitrogens is 3. The molecule has 0 radical (unpaired) electrons. The summed E-state index contributed by atoms with van der Waals surface area (Å²) in [6.45, 7) is 0. The summed E-state index contributed by atoms with van der Waals surface area (Å²) >= 11 is 6.09. The summed E-state index contributed by atoms with van der Waals surface area (Å²) < 4.78 is 7.10. The van der Waals surface area contributed by atoms with Gasteiger partial charge >= 0.3 is 0 Å². The van der Waals surface area contributed by atoms with Crippen LogP contribution in [0.15, 0.2) is 43.0 Å². The Hall–Kier alpha value is -2.11. The molecule has 6 heteroatoms. The van der Waals surface area contributed by atoms with Gasteiger partial charge in [-0.15, -0.1) is 0 Å². The molecule has 2 heterocycles. The molecule has 5 nitrogen and oxygen atoms in total. The molecule has 3 aromatic rings. The quantitative estimate of drug-likeness (QED) is 0.805. The molecule has 108 valence electrons. The van der Waals surface area contributed by atoms with Crippen molar-refractivity contribution in [1.29, 1.82) is 0 Å². The van der Waals surface area contributed by atoms with Gasteiger partial charge in [-0.25, -0.2) is 4.52 Å². The fourth-order valence-electron chi connectivity index (χ4n) is 2.43. The summed E-state index contributed by atoms with van der Waals surface area (Å²) in [5.41, 5.74) is 3.07. The van der Waals surface area contributed by atoms with Crippen molar-refractivity contribution in [3.8, 4) is 5.75 Å². The molecule has 1 N–H and O–H groups in total. The summed E-state index contributed by atoms with van der Waals surface area (Å²) in [4.78, 5) is 4.17. The van der Waals surface area contributed by atoms with E-state index in [4.69, 9.17) is 16.3 Å². The van der Waals surface area contributed by atoms with E-state index in [1.807, 2.05) is 37.6 Å². The van der Waals surface area contributed by atoms with Gasteiger partial charge in [-0.05, 0) is 24.7 Å². The summed E-state index contributed by atoms with van der Waals surface area (Å²) in [5, 5.41) is 8.25. The topological polar surface area (TPSA) is 51.5 Å². The van der Waals surface area contributed by atoms with Crippen LogP contribution in [0.25, 0.3) is 5.52 Å². The van der Waals surface area contributed by atoms with E-state index in [9.17, 15) is 0 Å². The van der Waals surface area contributed by atoms with Gasteiger partial charge in [-0.3, -0.25) is 4.98 Å².